The summed E-state index contributed by atoms with van der Waals surface area (Å²) in [6.07, 6.45) is -1.21. The lowest BCUT2D eigenvalue weighted by Gasteiger charge is -2.16. The van der Waals surface area contributed by atoms with Crippen LogP contribution in [-0.4, -0.2) is 39.2 Å². The standard InChI is InChI=1S/C16H16N2O4/c1-10(19)14(16(21)22)18-15(20)13-9-5-8-12(17-13)11-6-3-2-4-7-11/h2-10,14,19H,1H3,(H,18,20)(H,21,22). The van der Waals surface area contributed by atoms with Crippen LogP contribution in [0.2, 0.25) is 0 Å². The van der Waals surface area contributed by atoms with Gasteiger partial charge in [-0.15, -0.1) is 0 Å². The molecule has 0 fully saturated rings. The number of benzene rings is 1. The summed E-state index contributed by atoms with van der Waals surface area (Å²) in [5.41, 5.74) is 1.55. The molecule has 2 atom stereocenters. The van der Waals surface area contributed by atoms with Gasteiger partial charge < -0.3 is 15.5 Å². The predicted molar refractivity (Wildman–Crippen MR) is 80.2 cm³/mol. The lowest BCUT2D eigenvalue weighted by atomic mass is 10.1. The summed E-state index contributed by atoms with van der Waals surface area (Å²) in [5, 5.41) is 20.6. The third-order valence-electron chi connectivity index (χ3n) is 3.09. The lowest BCUT2D eigenvalue weighted by molar-refractivity contribution is -0.141. The van der Waals surface area contributed by atoms with Crippen molar-refractivity contribution in [3.05, 3.63) is 54.2 Å². The molecular weight excluding hydrogens is 284 g/mol. The van der Waals surface area contributed by atoms with Gasteiger partial charge in [-0.1, -0.05) is 36.4 Å². The molecule has 0 bridgehead atoms. The lowest BCUT2D eigenvalue weighted by Crippen LogP contribution is -2.47. The number of aliphatic carboxylic acids is 1. The maximum Gasteiger partial charge on any atom is 0.328 e. The van der Waals surface area contributed by atoms with Gasteiger partial charge in [-0.25, -0.2) is 9.78 Å². The minimum Gasteiger partial charge on any atom is -0.480 e. The Morgan fingerprint density at radius 3 is 2.36 bits per heavy atom. The fraction of sp³-hybridized carbons (Fsp3) is 0.188. The Balaban J connectivity index is 2.22. The number of aliphatic hydroxyl groups excluding tert-OH is 1. The molecule has 3 N–H and O–H groups in total. The number of carboxylic acid groups (broad SMARTS) is 1. The number of hydrogen-bond acceptors (Lipinski definition) is 4. The Morgan fingerprint density at radius 2 is 1.77 bits per heavy atom. The first-order valence-corrected chi connectivity index (χ1v) is 6.73. The Hall–Kier alpha value is -2.73. The molecule has 2 aromatic rings. The van der Waals surface area contributed by atoms with Crippen LogP contribution in [0.5, 0.6) is 0 Å². The predicted octanol–water partition coefficient (Wildman–Crippen LogP) is 1.31. The minimum atomic E-state index is -1.38. The number of aliphatic hydroxyl groups is 1. The summed E-state index contributed by atoms with van der Waals surface area (Å²) in [5.74, 6) is -1.95. The van der Waals surface area contributed by atoms with Crippen LogP contribution in [0.3, 0.4) is 0 Å². The molecule has 114 valence electrons. The van der Waals surface area contributed by atoms with Gasteiger partial charge in [0.1, 0.15) is 5.69 Å². The average Bonchev–Trinajstić information content (AvgIpc) is 2.52. The van der Waals surface area contributed by atoms with Gasteiger partial charge in [0.05, 0.1) is 11.8 Å². The van der Waals surface area contributed by atoms with Gasteiger partial charge in [0.15, 0.2) is 6.04 Å². The van der Waals surface area contributed by atoms with Gasteiger partial charge in [0.2, 0.25) is 0 Å². The molecule has 6 heteroatoms. The van der Waals surface area contributed by atoms with E-state index in [-0.39, 0.29) is 5.69 Å². The molecule has 0 aliphatic carbocycles. The van der Waals surface area contributed by atoms with Crippen LogP contribution in [0.1, 0.15) is 17.4 Å². The van der Waals surface area contributed by atoms with Crippen molar-refractivity contribution in [2.75, 3.05) is 0 Å². The van der Waals surface area contributed by atoms with E-state index in [9.17, 15) is 14.7 Å². The van der Waals surface area contributed by atoms with Crippen LogP contribution in [0.25, 0.3) is 11.3 Å². The molecule has 2 rings (SSSR count). The highest BCUT2D eigenvalue weighted by Gasteiger charge is 2.25. The maximum absolute atomic E-state index is 12.1. The van der Waals surface area contributed by atoms with Crippen molar-refractivity contribution in [1.29, 1.82) is 0 Å². The number of rotatable bonds is 5. The SMILES string of the molecule is CC(O)C(NC(=O)c1cccc(-c2ccccc2)n1)C(=O)O. The summed E-state index contributed by atoms with van der Waals surface area (Å²) in [4.78, 5) is 27.3. The second-order valence-electron chi connectivity index (χ2n) is 4.80. The van der Waals surface area contributed by atoms with Gasteiger partial charge in [-0.2, -0.15) is 0 Å². The number of carbonyl (C=O) groups is 2. The molecule has 22 heavy (non-hydrogen) atoms. The van der Waals surface area contributed by atoms with Crippen molar-refractivity contribution in [1.82, 2.24) is 10.3 Å². The quantitative estimate of drug-likeness (QED) is 0.773. The van der Waals surface area contributed by atoms with Crippen LogP contribution in [0.4, 0.5) is 0 Å². The minimum absolute atomic E-state index is 0.0910. The highest BCUT2D eigenvalue weighted by atomic mass is 16.4. The van der Waals surface area contributed by atoms with Crippen LogP contribution in [0.15, 0.2) is 48.5 Å². The molecule has 1 aromatic carbocycles. The van der Waals surface area contributed by atoms with Crippen LogP contribution in [-0.2, 0) is 4.79 Å². The van der Waals surface area contributed by atoms with E-state index in [4.69, 9.17) is 5.11 Å². The number of carbonyl (C=O) groups excluding carboxylic acids is 1. The molecular formula is C16H16N2O4. The largest absolute Gasteiger partial charge is 0.480 e. The van der Waals surface area contributed by atoms with Gasteiger partial charge in [-0.05, 0) is 19.1 Å². The highest BCUT2D eigenvalue weighted by molar-refractivity contribution is 5.95. The van der Waals surface area contributed by atoms with Gasteiger partial charge >= 0.3 is 5.97 Å². The molecule has 2 unspecified atom stereocenters. The molecule has 1 aromatic heterocycles. The van der Waals surface area contributed by atoms with Gasteiger partial charge in [0, 0.05) is 5.56 Å². The summed E-state index contributed by atoms with van der Waals surface area (Å²) in [6, 6.07) is 12.9. The second kappa shape index (κ2) is 6.82. The van der Waals surface area contributed by atoms with Gasteiger partial charge in [-0.3, -0.25) is 4.79 Å². The fourth-order valence-electron chi connectivity index (χ4n) is 1.93. The first kappa shape index (κ1) is 15.7. The number of pyridine rings is 1. The first-order chi connectivity index (χ1) is 10.5. The number of hydrogen-bond donors (Lipinski definition) is 3. The Labute approximate surface area is 127 Å². The summed E-state index contributed by atoms with van der Waals surface area (Å²) in [6.45, 7) is 1.30. The zero-order valence-corrected chi connectivity index (χ0v) is 11.9. The summed E-state index contributed by atoms with van der Waals surface area (Å²) < 4.78 is 0. The van der Waals surface area contributed by atoms with E-state index in [0.29, 0.717) is 5.69 Å². The molecule has 6 nitrogen and oxygen atoms in total. The topological polar surface area (TPSA) is 99.5 Å². The zero-order valence-electron chi connectivity index (χ0n) is 11.9. The van der Waals surface area contributed by atoms with Gasteiger partial charge in [0.25, 0.3) is 5.91 Å². The van der Waals surface area contributed by atoms with Crippen molar-refractivity contribution in [2.45, 2.75) is 19.1 Å². The zero-order chi connectivity index (χ0) is 16.1. The molecule has 0 saturated carbocycles. The van der Waals surface area contributed by atoms with Crippen molar-refractivity contribution in [3.8, 4) is 11.3 Å². The van der Waals surface area contributed by atoms with E-state index >= 15 is 0 Å². The summed E-state index contributed by atoms with van der Waals surface area (Å²) in [7, 11) is 0. The number of amides is 1. The molecule has 1 amide bonds. The van der Waals surface area contributed by atoms with E-state index < -0.39 is 24.0 Å². The molecule has 1 heterocycles. The van der Waals surface area contributed by atoms with Crippen molar-refractivity contribution in [2.24, 2.45) is 0 Å². The average molecular weight is 300 g/mol. The maximum atomic E-state index is 12.1. The van der Waals surface area contributed by atoms with E-state index in [2.05, 4.69) is 10.3 Å². The monoisotopic (exact) mass is 300 g/mol. The normalized spacial score (nSPS) is 13.2. The van der Waals surface area contributed by atoms with E-state index in [0.717, 1.165) is 5.56 Å². The Morgan fingerprint density at radius 1 is 1.09 bits per heavy atom. The summed E-state index contributed by atoms with van der Waals surface area (Å²) >= 11 is 0. The third kappa shape index (κ3) is 3.67. The Kier molecular flexibility index (Phi) is 4.85. The molecule has 0 aliphatic rings. The fourth-order valence-corrected chi connectivity index (χ4v) is 1.93. The number of nitrogens with one attached hydrogen (secondary N) is 1. The Bertz CT molecular complexity index is 671. The van der Waals surface area contributed by atoms with Crippen molar-refractivity contribution in [3.63, 3.8) is 0 Å². The number of carboxylic acids is 1. The highest BCUT2D eigenvalue weighted by Crippen LogP contribution is 2.16. The van der Waals surface area contributed by atoms with Crippen LogP contribution in [0, 0.1) is 0 Å². The van der Waals surface area contributed by atoms with Crippen LogP contribution >= 0.6 is 0 Å². The third-order valence-corrected chi connectivity index (χ3v) is 3.09. The molecule has 0 radical (unpaired) electrons. The molecule has 0 spiro atoms. The molecule has 0 aliphatic heterocycles. The number of aromatic nitrogens is 1. The van der Waals surface area contributed by atoms with Crippen molar-refractivity contribution >= 4 is 11.9 Å². The number of nitrogens with zero attached hydrogens (tertiary/aromatic N) is 1. The van der Waals surface area contributed by atoms with E-state index in [1.807, 2.05) is 30.3 Å². The van der Waals surface area contributed by atoms with E-state index in [1.54, 1.807) is 12.1 Å². The smallest absolute Gasteiger partial charge is 0.328 e. The van der Waals surface area contributed by atoms with Crippen molar-refractivity contribution < 1.29 is 19.8 Å². The second-order valence-corrected chi connectivity index (χ2v) is 4.80. The first-order valence-electron chi connectivity index (χ1n) is 6.73. The van der Waals surface area contributed by atoms with E-state index in [1.165, 1.54) is 13.0 Å². The molecule has 0 saturated heterocycles. The van der Waals surface area contributed by atoms with Crippen LogP contribution < -0.4 is 5.32 Å².